The number of nitrogens with zero attached hydrogens (tertiary/aromatic N) is 2. The lowest BCUT2D eigenvalue weighted by atomic mass is 10.1. The third-order valence-corrected chi connectivity index (χ3v) is 3.37. The Morgan fingerprint density at radius 1 is 1.32 bits per heavy atom. The summed E-state index contributed by atoms with van der Waals surface area (Å²) in [7, 11) is 2.12. The van der Waals surface area contributed by atoms with Crippen molar-refractivity contribution < 1.29 is 0 Å². The SMILES string of the molecule is CCC(C)CN(C)c1cc(CNCC(C)C)ccn1. The fourth-order valence-corrected chi connectivity index (χ4v) is 1.97. The number of hydrogen-bond acceptors (Lipinski definition) is 3. The van der Waals surface area contributed by atoms with Crippen molar-refractivity contribution in [1.82, 2.24) is 10.3 Å². The summed E-state index contributed by atoms with van der Waals surface area (Å²) in [5, 5.41) is 3.47. The minimum atomic E-state index is 0.689. The Morgan fingerprint density at radius 3 is 2.68 bits per heavy atom. The molecule has 0 saturated heterocycles. The molecule has 1 aromatic rings. The van der Waals surface area contributed by atoms with Gasteiger partial charge in [-0.1, -0.05) is 34.1 Å². The Bertz CT molecular complexity index is 363. The molecule has 0 spiro atoms. The number of hydrogen-bond donors (Lipinski definition) is 1. The molecule has 1 N–H and O–H groups in total. The number of aromatic nitrogens is 1. The molecule has 0 amide bonds. The third kappa shape index (κ3) is 6.06. The smallest absolute Gasteiger partial charge is 0.128 e. The van der Waals surface area contributed by atoms with E-state index in [1.54, 1.807) is 0 Å². The molecule has 0 aliphatic carbocycles. The summed E-state index contributed by atoms with van der Waals surface area (Å²) in [6.07, 6.45) is 3.12. The van der Waals surface area contributed by atoms with Gasteiger partial charge in [-0.15, -0.1) is 0 Å². The highest BCUT2D eigenvalue weighted by molar-refractivity contribution is 5.40. The summed E-state index contributed by atoms with van der Waals surface area (Å²) in [6.45, 7) is 12.0. The first-order valence-corrected chi connectivity index (χ1v) is 7.39. The van der Waals surface area contributed by atoms with E-state index in [-0.39, 0.29) is 0 Å². The van der Waals surface area contributed by atoms with E-state index in [1.807, 2.05) is 6.20 Å². The van der Waals surface area contributed by atoms with Crippen LogP contribution in [0, 0.1) is 11.8 Å². The highest BCUT2D eigenvalue weighted by atomic mass is 15.2. The van der Waals surface area contributed by atoms with Crippen LogP contribution in [-0.2, 0) is 6.54 Å². The van der Waals surface area contributed by atoms with Gasteiger partial charge in [-0.05, 0) is 36.1 Å². The summed E-state index contributed by atoms with van der Waals surface area (Å²) < 4.78 is 0. The number of pyridine rings is 1. The van der Waals surface area contributed by atoms with Crippen molar-refractivity contribution in [3.05, 3.63) is 23.9 Å². The topological polar surface area (TPSA) is 28.2 Å². The molecule has 0 fully saturated rings. The fraction of sp³-hybridized carbons (Fsp3) is 0.688. The average Bonchev–Trinajstić information content (AvgIpc) is 2.38. The highest BCUT2D eigenvalue weighted by Crippen LogP contribution is 2.14. The van der Waals surface area contributed by atoms with Crippen molar-refractivity contribution in [2.45, 2.75) is 40.7 Å². The van der Waals surface area contributed by atoms with Gasteiger partial charge in [0.2, 0.25) is 0 Å². The zero-order valence-electron chi connectivity index (χ0n) is 13.1. The van der Waals surface area contributed by atoms with Gasteiger partial charge in [0.05, 0.1) is 0 Å². The Kier molecular flexibility index (Phi) is 6.85. The van der Waals surface area contributed by atoms with Crippen LogP contribution >= 0.6 is 0 Å². The van der Waals surface area contributed by atoms with Gasteiger partial charge in [0.1, 0.15) is 5.82 Å². The van der Waals surface area contributed by atoms with Crippen LogP contribution < -0.4 is 10.2 Å². The van der Waals surface area contributed by atoms with Crippen molar-refractivity contribution in [1.29, 1.82) is 0 Å². The van der Waals surface area contributed by atoms with Crippen molar-refractivity contribution >= 4 is 5.82 Å². The molecule has 0 saturated carbocycles. The second-order valence-corrected chi connectivity index (χ2v) is 5.94. The van der Waals surface area contributed by atoms with Crippen molar-refractivity contribution in [3.63, 3.8) is 0 Å². The lowest BCUT2D eigenvalue weighted by Crippen LogP contribution is -2.25. The molecular weight excluding hydrogens is 234 g/mol. The largest absolute Gasteiger partial charge is 0.359 e. The second kappa shape index (κ2) is 8.16. The Hall–Kier alpha value is -1.09. The monoisotopic (exact) mass is 263 g/mol. The van der Waals surface area contributed by atoms with Gasteiger partial charge in [0.25, 0.3) is 0 Å². The highest BCUT2D eigenvalue weighted by Gasteiger charge is 2.07. The molecule has 1 heterocycles. The summed E-state index contributed by atoms with van der Waals surface area (Å²) in [5.41, 5.74) is 1.31. The maximum Gasteiger partial charge on any atom is 0.128 e. The molecule has 0 bridgehead atoms. The molecule has 3 nitrogen and oxygen atoms in total. The first kappa shape index (κ1) is 16.0. The average molecular weight is 263 g/mol. The van der Waals surface area contributed by atoms with E-state index in [1.165, 1.54) is 12.0 Å². The molecule has 0 radical (unpaired) electrons. The van der Waals surface area contributed by atoms with Crippen LogP contribution in [-0.4, -0.2) is 25.1 Å². The molecule has 3 heteroatoms. The van der Waals surface area contributed by atoms with Crippen LogP contribution in [0.3, 0.4) is 0 Å². The fourth-order valence-electron chi connectivity index (χ4n) is 1.97. The van der Waals surface area contributed by atoms with Crippen molar-refractivity contribution in [3.8, 4) is 0 Å². The Balaban J connectivity index is 2.55. The quantitative estimate of drug-likeness (QED) is 0.780. The molecule has 0 aliphatic rings. The van der Waals surface area contributed by atoms with Crippen LogP contribution in [0.5, 0.6) is 0 Å². The van der Waals surface area contributed by atoms with E-state index in [0.717, 1.165) is 25.5 Å². The summed E-state index contributed by atoms with van der Waals surface area (Å²) in [5.74, 6) is 2.47. The normalized spacial score (nSPS) is 12.7. The van der Waals surface area contributed by atoms with Crippen LogP contribution in [0.15, 0.2) is 18.3 Å². The Labute approximate surface area is 118 Å². The van der Waals surface area contributed by atoms with E-state index < -0.39 is 0 Å². The van der Waals surface area contributed by atoms with Gasteiger partial charge in [-0.3, -0.25) is 0 Å². The van der Waals surface area contributed by atoms with Crippen molar-refractivity contribution in [2.24, 2.45) is 11.8 Å². The maximum atomic E-state index is 4.47. The molecule has 108 valence electrons. The summed E-state index contributed by atoms with van der Waals surface area (Å²) in [4.78, 5) is 6.72. The first-order valence-electron chi connectivity index (χ1n) is 7.39. The zero-order chi connectivity index (χ0) is 14.3. The first-order chi connectivity index (χ1) is 9.02. The van der Waals surface area contributed by atoms with Crippen LogP contribution in [0.1, 0.15) is 39.7 Å². The van der Waals surface area contributed by atoms with Gasteiger partial charge >= 0.3 is 0 Å². The molecule has 0 aromatic carbocycles. The minimum absolute atomic E-state index is 0.689. The van der Waals surface area contributed by atoms with Crippen molar-refractivity contribution in [2.75, 3.05) is 25.0 Å². The maximum absolute atomic E-state index is 4.47. The number of rotatable bonds is 8. The van der Waals surface area contributed by atoms with E-state index in [9.17, 15) is 0 Å². The zero-order valence-corrected chi connectivity index (χ0v) is 13.1. The second-order valence-electron chi connectivity index (χ2n) is 5.94. The third-order valence-electron chi connectivity index (χ3n) is 3.37. The molecule has 0 aliphatic heterocycles. The van der Waals surface area contributed by atoms with E-state index >= 15 is 0 Å². The van der Waals surface area contributed by atoms with Gasteiger partial charge in [-0.25, -0.2) is 4.98 Å². The predicted molar refractivity (Wildman–Crippen MR) is 83.5 cm³/mol. The van der Waals surface area contributed by atoms with Gasteiger partial charge in [-0.2, -0.15) is 0 Å². The predicted octanol–water partition coefficient (Wildman–Crippen LogP) is 3.31. The van der Waals surface area contributed by atoms with Crippen LogP contribution in [0.25, 0.3) is 0 Å². The summed E-state index contributed by atoms with van der Waals surface area (Å²) in [6, 6.07) is 4.28. The van der Waals surface area contributed by atoms with Crippen LogP contribution in [0.2, 0.25) is 0 Å². The van der Waals surface area contributed by atoms with E-state index in [2.05, 4.69) is 62.1 Å². The van der Waals surface area contributed by atoms with E-state index in [0.29, 0.717) is 11.8 Å². The molecule has 1 aromatic heterocycles. The van der Waals surface area contributed by atoms with Gasteiger partial charge in [0.15, 0.2) is 0 Å². The van der Waals surface area contributed by atoms with Gasteiger partial charge < -0.3 is 10.2 Å². The summed E-state index contributed by atoms with van der Waals surface area (Å²) >= 11 is 0. The van der Waals surface area contributed by atoms with Crippen LogP contribution in [0.4, 0.5) is 5.82 Å². The molecular formula is C16H29N3. The standard InChI is InChI=1S/C16H29N3/c1-6-14(4)12-19(5)16-9-15(7-8-18-16)11-17-10-13(2)3/h7-9,13-14,17H,6,10-12H2,1-5H3. The lowest BCUT2D eigenvalue weighted by Gasteiger charge is -2.22. The molecule has 1 atom stereocenters. The Morgan fingerprint density at radius 2 is 2.05 bits per heavy atom. The molecule has 1 unspecified atom stereocenters. The van der Waals surface area contributed by atoms with Gasteiger partial charge in [0, 0.05) is 26.3 Å². The minimum Gasteiger partial charge on any atom is -0.359 e. The lowest BCUT2D eigenvalue weighted by molar-refractivity contribution is 0.550. The van der Waals surface area contributed by atoms with E-state index in [4.69, 9.17) is 0 Å². The number of anilines is 1. The molecule has 19 heavy (non-hydrogen) atoms. The number of nitrogens with one attached hydrogen (secondary N) is 1. The molecule has 1 rings (SSSR count).